The molecule has 0 unspecified atom stereocenters. The average Bonchev–Trinajstić information content (AvgIpc) is 2.54. The number of nitriles is 1. The molecule has 1 aromatic carbocycles. The molecule has 0 spiro atoms. The number of halogens is 3. The smallest absolute Gasteiger partial charge is 0.417 e. The summed E-state index contributed by atoms with van der Waals surface area (Å²) in [5.41, 5.74) is -1.03. The van der Waals surface area contributed by atoms with Gasteiger partial charge in [0.25, 0.3) is 0 Å². The molecule has 1 fully saturated rings. The van der Waals surface area contributed by atoms with Gasteiger partial charge in [0.05, 0.1) is 23.3 Å². The summed E-state index contributed by atoms with van der Waals surface area (Å²) in [6.45, 7) is 4.50. The van der Waals surface area contributed by atoms with Crippen molar-refractivity contribution >= 4 is 11.8 Å². The van der Waals surface area contributed by atoms with Gasteiger partial charge in [0.15, 0.2) is 0 Å². The molecule has 25 heavy (non-hydrogen) atoms. The third-order valence-corrected chi connectivity index (χ3v) is 3.91. The first kappa shape index (κ1) is 18.9. The number of hydrogen-bond acceptors (Lipinski definition) is 4. The van der Waals surface area contributed by atoms with Crippen molar-refractivity contribution in [2.24, 2.45) is 0 Å². The lowest BCUT2D eigenvalue weighted by molar-refractivity contribution is -0.137. The number of ether oxygens (including phenoxy) is 1. The standard InChI is InChI=1S/C17H20F3N3O2/c1-11(2)25-16(24)23-7-5-13(6-8-23)22-14-4-3-12(10-21)15(9-14)17(18,19)20/h3-4,9,11,13,22H,5-8H2,1-2H3. The second-order valence-electron chi connectivity index (χ2n) is 6.21. The summed E-state index contributed by atoms with van der Waals surface area (Å²) in [6.07, 6.45) is -3.93. The molecule has 0 bridgehead atoms. The molecule has 8 heteroatoms. The molecule has 136 valence electrons. The molecular weight excluding hydrogens is 335 g/mol. The monoisotopic (exact) mass is 355 g/mol. The van der Waals surface area contributed by atoms with Gasteiger partial charge in [-0.3, -0.25) is 0 Å². The Morgan fingerprint density at radius 3 is 2.52 bits per heavy atom. The van der Waals surface area contributed by atoms with Crippen molar-refractivity contribution in [3.05, 3.63) is 29.3 Å². The number of nitrogens with one attached hydrogen (secondary N) is 1. The number of carbonyl (C=O) groups is 1. The molecule has 0 radical (unpaired) electrons. The minimum atomic E-state index is -4.58. The summed E-state index contributed by atoms with van der Waals surface area (Å²) in [6, 6.07) is 5.11. The van der Waals surface area contributed by atoms with Gasteiger partial charge >= 0.3 is 12.3 Å². The van der Waals surface area contributed by atoms with Crippen LogP contribution in [0.15, 0.2) is 18.2 Å². The van der Waals surface area contributed by atoms with Crippen LogP contribution in [-0.2, 0) is 10.9 Å². The fraction of sp³-hybridized carbons (Fsp3) is 0.529. The van der Waals surface area contributed by atoms with E-state index in [2.05, 4.69) is 5.32 Å². The van der Waals surface area contributed by atoms with Gasteiger partial charge in [-0.1, -0.05) is 0 Å². The number of carbonyl (C=O) groups excluding carboxylic acids is 1. The van der Waals surface area contributed by atoms with Crippen LogP contribution in [-0.4, -0.2) is 36.2 Å². The number of hydrogen-bond donors (Lipinski definition) is 1. The predicted octanol–water partition coefficient (Wildman–Crippen LogP) is 4.00. The lowest BCUT2D eigenvalue weighted by Crippen LogP contribution is -2.43. The van der Waals surface area contributed by atoms with Crippen LogP contribution in [0.4, 0.5) is 23.7 Å². The lowest BCUT2D eigenvalue weighted by atomic mass is 10.0. The van der Waals surface area contributed by atoms with Crippen LogP contribution < -0.4 is 5.32 Å². The number of nitrogens with zero attached hydrogens (tertiary/aromatic N) is 2. The Kier molecular flexibility index (Phi) is 5.77. The van der Waals surface area contributed by atoms with Crippen LogP contribution in [0.1, 0.15) is 37.8 Å². The molecule has 1 saturated heterocycles. The largest absolute Gasteiger partial charge is 0.447 e. The first-order valence-corrected chi connectivity index (χ1v) is 8.04. The predicted molar refractivity (Wildman–Crippen MR) is 86.0 cm³/mol. The van der Waals surface area contributed by atoms with E-state index < -0.39 is 17.3 Å². The first-order valence-electron chi connectivity index (χ1n) is 8.04. The van der Waals surface area contributed by atoms with E-state index in [0.29, 0.717) is 31.6 Å². The van der Waals surface area contributed by atoms with E-state index >= 15 is 0 Å². The molecule has 0 atom stereocenters. The van der Waals surface area contributed by atoms with Gasteiger partial charge in [-0.2, -0.15) is 18.4 Å². The number of anilines is 1. The van der Waals surface area contributed by atoms with Crippen molar-refractivity contribution in [1.29, 1.82) is 5.26 Å². The Morgan fingerprint density at radius 2 is 2.00 bits per heavy atom. The number of benzene rings is 1. The molecule has 0 aromatic heterocycles. The van der Waals surface area contributed by atoms with Gasteiger partial charge in [-0.25, -0.2) is 4.79 Å². The SMILES string of the molecule is CC(C)OC(=O)N1CCC(Nc2ccc(C#N)c(C(F)(F)F)c2)CC1. The number of amides is 1. The molecule has 1 amide bonds. The highest BCUT2D eigenvalue weighted by Crippen LogP contribution is 2.34. The summed E-state index contributed by atoms with van der Waals surface area (Å²) in [5.74, 6) is 0. The number of piperidine rings is 1. The van der Waals surface area contributed by atoms with E-state index in [9.17, 15) is 18.0 Å². The van der Waals surface area contributed by atoms with Gasteiger partial charge in [-0.05, 0) is 44.9 Å². The highest BCUT2D eigenvalue weighted by atomic mass is 19.4. The van der Waals surface area contributed by atoms with Crippen LogP contribution in [0.2, 0.25) is 0 Å². The zero-order valence-electron chi connectivity index (χ0n) is 14.1. The van der Waals surface area contributed by atoms with E-state index in [1.54, 1.807) is 24.8 Å². The van der Waals surface area contributed by atoms with Crippen molar-refractivity contribution in [3.8, 4) is 6.07 Å². The topological polar surface area (TPSA) is 65.4 Å². The zero-order chi connectivity index (χ0) is 18.6. The molecule has 1 aliphatic rings. The molecule has 1 N–H and O–H groups in total. The van der Waals surface area contributed by atoms with Crippen LogP contribution >= 0.6 is 0 Å². The zero-order valence-corrected chi connectivity index (χ0v) is 14.1. The van der Waals surface area contributed by atoms with Crippen LogP contribution in [0.3, 0.4) is 0 Å². The molecule has 1 aromatic rings. The van der Waals surface area contributed by atoms with Crippen molar-refractivity contribution in [2.75, 3.05) is 18.4 Å². The van der Waals surface area contributed by atoms with Gasteiger partial charge < -0.3 is 15.0 Å². The van der Waals surface area contributed by atoms with Crippen molar-refractivity contribution < 1.29 is 22.7 Å². The van der Waals surface area contributed by atoms with Gasteiger partial charge in [-0.15, -0.1) is 0 Å². The maximum atomic E-state index is 13.0. The van der Waals surface area contributed by atoms with Gasteiger partial charge in [0, 0.05) is 24.8 Å². The van der Waals surface area contributed by atoms with Crippen LogP contribution in [0.5, 0.6) is 0 Å². The summed E-state index contributed by atoms with van der Waals surface area (Å²) in [4.78, 5) is 13.4. The van der Waals surface area contributed by atoms with Crippen molar-refractivity contribution in [3.63, 3.8) is 0 Å². The maximum Gasteiger partial charge on any atom is 0.417 e. The van der Waals surface area contributed by atoms with E-state index in [1.807, 2.05) is 0 Å². The summed E-state index contributed by atoms with van der Waals surface area (Å²) >= 11 is 0. The number of alkyl halides is 3. The van der Waals surface area contributed by atoms with E-state index in [0.717, 1.165) is 6.07 Å². The first-order chi connectivity index (χ1) is 11.7. The Morgan fingerprint density at radius 1 is 1.36 bits per heavy atom. The fourth-order valence-corrected chi connectivity index (χ4v) is 2.68. The van der Waals surface area contributed by atoms with E-state index in [1.165, 1.54) is 12.1 Å². The number of likely N-dealkylation sites (tertiary alicyclic amines) is 1. The molecule has 5 nitrogen and oxygen atoms in total. The second kappa shape index (κ2) is 7.64. The Bertz CT molecular complexity index is 660. The Hall–Kier alpha value is -2.43. The van der Waals surface area contributed by atoms with E-state index in [4.69, 9.17) is 10.00 Å². The quantitative estimate of drug-likeness (QED) is 0.890. The molecule has 1 heterocycles. The van der Waals surface area contributed by atoms with Crippen molar-refractivity contribution in [2.45, 2.75) is 45.0 Å². The fourth-order valence-electron chi connectivity index (χ4n) is 2.68. The van der Waals surface area contributed by atoms with Gasteiger partial charge in [0.1, 0.15) is 0 Å². The lowest BCUT2D eigenvalue weighted by Gasteiger charge is -2.32. The maximum absolute atomic E-state index is 13.0. The Labute approximate surface area is 144 Å². The third-order valence-electron chi connectivity index (χ3n) is 3.91. The van der Waals surface area contributed by atoms with Crippen LogP contribution in [0.25, 0.3) is 0 Å². The normalized spacial score (nSPS) is 15.8. The Balaban J connectivity index is 1.98. The minimum absolute atomic E-state index is 0.0443. The molecule has 0 saturated carbocycles. The van der Waals surface area contributed by atoms with Gasteiger partial charge in [0.2, 0.25) is 0 Å². The average molecular weight is 355 g/mol. The summed E-state index contributed by atoms with van der Waals surface area (Å²) in [5, 5.41) is 11.9. The highest BCUT2D eigenvalue weighted by molar-refractivity contribution is 5.68. The highest BCUT2D eigenvalue weighted by Gasteiger charge is 2.34. The molecule has 1 aliphatic heterocycles. The summed E-state index contributed by atoms with van der Waals surface area (Å²) in [7, 11) is 0. The molecule has 2 rings (SSSR count). The minimum Gasteiger partial charge on any atom is -0.447 e. The summed E-state index contributed by atoms with van der Waals surface area (Å²) < 4.78 is 44.1. The molecule has 0 aliphatic carbocycles. The molecular formula is C17H20F3N3O2. The third kappa shape index (κ3) is 5.02. The second-order valence-corrected chi connectivity index (χ2v) is 6.21. The van der Waals surface area contributed by atoms with E-state index in [-0.39, 0.29) is 18.2 Å². The number of rotatable bonds is 3. The van der Waals surface area contributed by atoms with Crippen LogP contribution in [0, 0.1) is 11.3 Å². The van der Waals surface area contributed by atoms with Crippen molar-refractivity contribution in [1.82, 2.24) is 4.90 Å².